The SMILES string of the molecule is COc1ccc([C@@H](CC(C)C)NC(=O)CN(c2ccccc2)S(=O)(=O)c2ccc(C)cc2)cc1. The van der Waals surface area contributed by atoms with Crippen molar-refractivity contribution in [1.82, 2.24) is 5.32 Å². The van der Waals surface area contributed by atoms with Crippen LogP contribution < -0.4 is 14.4 Å². The molecule has 34 heavy (non-hydrogen) atoms. The van der Waals surface area contributed by atoms with E-state index in [1.165, 1.54) is 0 Å². The van der Waals surface area contributed by atoms with E-state index >= 15 is 0 Å². The summed E-state index contributed by atoms with van der Waals surface area (Å²) in [5, 5.41) is 3.05. The Labute approximate surface area is 202 Å². The molecule has 6 nitrogen and oxygen atoms in total. The molecule has 1 amide bonds. The van der Waals surface area contributed by atoms with Gasteiger partial charge in [0.2, 0.25) is 5.91 Å². The first-order chi connectivity index (χ1) is 16.2. The van der Waals surface area contributed by atoms with Crippen LogP contribution >= 0.6 is 0 Å². The Morgan fingerprint density at radius 3 is 2.12 bits per heavy atom. The Morgan fingerprint density at radius 1 is 0.941 bits per heavy atom. The van der Waals surface area contributed by atoms with Crippen molar-refractivity contribution < 1.29 is 17.9 Å². The Morgan fingerprint density at radius 2 is 1.56 bits per heavy atom. The number of carbonyl (C=O) groups excluding carboxylic acids is 1. The number of amides is 1. The van der Waals surface area contributed by atoms with Gasteiger partial charge in [-0.1, -0.05) is 61.9 Å². The zero-order valence-electron chi connectivity index (χ0n) is 20.1. The lowest BCUT2D eigenvalue weighted by Crippen LogP contribution is -2.42. The average Bonchev–Trinajstić information content (AvgIpc) is 2.82. The van der Waals surface area contributed by atoms with Crippen molar-refractivity contribution in [2.75, 3.05) is 18.0 Å². The second-order valence-electron chi connectivity index (χ2n) is 8.68. The van der Waals surface area contributed by atoms with Crippen LogP contribution in [0.25, 0.3) is 0 Å². The van der Waals surface area contributed by atoms with E-state index in [1.54, 1.807) is 55.6 Å². The number of hydrogen-bond acceptors (Lipinski definition) is 4. The van der Waals surface area contributed by atoms with Crippen LogP contribution in [0.15, 0.2) is 83.8 Å². The molecule has 0 fully saturated rings. The summed E-state index contributed by atoms with van der Waals surface area (Å²) >= 11 is 0. The molecular formula is C27H32N2O4S. The Hall–Kier alpha value is -3.32. The summed E-state index contributed by atoms with van der Waals surface area (Å²) < 4.78 is 33.4. The Kier molecular flexibility index (Phi) is 8.34. The maximum absolute atomic E-state index is 13.5. The van der Waals surface area contributed by atoms with Crippen LogP contribution in [0, 0.1) is 12.8 Å². The molecular weight excluding hydrogens is 448 g/mol. The van der Waals surface area contributed by atoms with Crippen LogP contribution in [0.3, 0.4) is 0 Å². The second kappa shape index (κ2) is 11.2. The van der Waals surface area contributed by atoms with E-state index < -0.39 is 10.0 Å². The number of benzene rings is 3. The van der Waals surface area contributed by atoms with Crippen LogP contribution in [0.5, 0.6) is 5.75 Å². The third kappa shape index (κ3) is 6.38. The van der Waals surface area contributed by atoms with E-state index in [2.05, 4.69) is 19.2 Å². The molecule has 1 N–H and O–H groups in total. The minimum atomic E-state index is -3.94. The lowest BCUT2D eigenvalue weighted by Gasteiger charge is -2.26. The summed E-state index contributed by atoms with van der Waals surface area (Å²) in [5.41, 5.74) is 2.33. The monoisotopic (exact) mass is 480 g/mol. The van der Waals surface area contributed by atoms with Crippen LogP contribution in [0.4, 0.5) is 5.69 Å². The van der Waals surface area contributed by atoms with Gasteiger partial charge in [0.1, 0.15) is 12.3 Å². The summed E-state index contributed by atoms with van der Waals surface area (Å²) in [5.74, 6) is 0.688. The normalized spacial score (nSPS) is 12.3. The lowest BCUT2D eigenvalue weighted by molar-refractivity contribution is -0.120. The van der Waals surface area contributed by atoms with Gasteiger partial charge in [0, 0.05) is 0 Å². The smallest absolute Gasteiger partial charge is 0.264 e. The van der Waals surface area contributed by atoms with Gasteiger partial charge in [-0.15, -0.1) is 0 Å². The van der Waals surface area contributed by atoms with Crippen molar-refractivity contribution >= 4 is 21.6 Å². The quantitative estimate of drug-likeness (QED) is 0.438. The number of anilines is 1. The molecule has 0 aromatic heterocycles. The highest BCUT2D eigenvalue weighted by molar-refractivity contribution is 7.92. The topological polar surface area (TPSA) is 75.7 Å². The summed E-state index contributed by atoms with van der Waals surface area (Å²) in [7, 11) is -2.34. The first-order valence-electron chi connectivity index (χ1n) is 11.3. The predicted molar refractivity (Wildman–Crippen MR) is 135 cm³/mol. The van der Waals surface area contributed by atoms with Gasteiger partial charge in [-0.2, -0.15) is 0 Å². The number of rotatable bonds is 10. The fourth-order valence-electron chi connectivity index (χ4n) is 3.70. The molecule has 0 spiro atoms. The second-order valence-corrected chi connectivity index (χ2v) is 10.5. The molecule has 3 rings (SSSR count). The lowest BCUT2D eigenvalue weighted by atomic mass is 9.97. The number of hydrogen-bond donors (Lipinski definition) is 1. The molecule has 1 atom stereocenters. The van der Waals surface area contributed by atoms with E-state index in [4.69, 9.17) is 4.74 Å². The van der Waals surface area contributed by atoms with Gasteiger partial charge in [0.15, 0.2) is 0 Å². The Bertz CT molecular complexity index is 1180. The van der Waals surface area contributed by atoms with Gasteiger partial charge in [-0.25, -0.2) is 8.42 Å². The highest BCUT2D eigenvalue weighted by atomic mass is 32.2. The summed E-state index contributed by atoms with van der Waals surface area (Å²) in [6.07, 6.45) is 0.716. The van der Waals surface area contributed by atoms with Gasteiger partial charge in [-0.05, 0) is 61.2 Å². The van der Waals surface area contributed by atoms with E-state index in [9.17, 15) is 13.2 Å². The van der Waals surface area contributed by atoms with Crippen LogP contribution in [-0.2, 0) is 14.8 Å². The summed E-state index contributed by atoms with van der Waals surface area (Å²) in [6, 6.07) is 22.6. The minimum Gasteiger partial charge on any atom is -0.497 e. The van der Waals surface area contributed by atoms with Crippen molar-refractivity contribution in [2.24, 2.45) is 5.92 Å². The fourth-order valence-corrected chi connectivity index (χ4v) is 5.12. The van der Waals surface area contributed by atoms with Crippen LogP contribution in [0.2, 0.25) is 0 Å². The standard InChI is InChI=1S/C27H32N2O4S/c1-20(2)18-26(22-12-14-24(33-4)15-13-22)28-27(30)19-29(23-8-6-5-7-9-23)34(31,32)25-16-10-21(3)11-17-25/h5-17,20,26H,18-19H2,1-4H3,(H,28,30)/t26-/m1/s1. The fraction of sp³-hybridized carbons (Fsp3) is 0.296. The summed E-state index contributed by atoms with van der Waals surface area (Å²) in [6.45, 7) is 5.74. The molecule has 0 unspecified atom stereocenters. The maximum Gasteiger partial charge on any atom is 0.264 e. The number of carbonyl (C=O) groups is 1. The van der Waals surface area contributed by atoms with Gasteiger partial charge >= 0.3 is 0 Å². The molecule has 0 saturated heterocycles. The summed E-state index contributed by atoms with van der Waals surface area (Å²) in [4.78, 5) is 13.3. The van der Waals surface area contributed by atoms with Gasteiger partial charge in [0.05, 0.1) is 23.7 Å². The number of nitrogens with one attached hydrogen (secondary N) is 1. The first kappa shape index (κ1) is 25.3. The molecule has 0 radical (unpaired) electrons. The Balaban J connectivity index is 1.88. The largest absolute Gasteiger partial charge is 0.497 e. The number of methoxy groups -OCH3 is 1. The van der Waals surface area contributed by atoms with Gasteiger partial charge in [0.25, 0.3) is 10.0 Å². The molecule has 7 heteroatoms. The third-order valence-corrected chi connectivity index (χ3v) is 7.29. The zero-order chi connectivity index (χ0) is 24.7. The van der Waals surface area contributed by atoms with E-state index in [-0.39, 0.29) is 23.4 Å². The zero-order valence-corrected chi connectivity index (χ0v) is 20.9. The number of para-hydroxylation sites is 1. The number of ether oxygens (including phenoxy) is 1. The molecule has 180 valence electrons. The first-order valence-corrected chi connectivity index (χ1v) is 12.7. The van der Waals surface area contributed by atoms with E-state index in [0.29, 0.717) is 18.0 Å². The van der Waals surface area contributed by atoms with Crippen LogP contribution in [-0.4, -0.2) is 28.0 Å². The molecule has 0 bridgehead atoms. The molecule has 0 saturated carbocycles. The molecule has 3 aromatic rings. The highest BCUT2D eigenvalue weighted by Crippen LogP contribution is 2.26. The average molecular weight is 481 g/mol. The van der Waals surface area contributed by atoms with Crippen molar-refractivity contribution in [3.63, 3.8) is 0 Å². The highest BCUT2D eigenvalue weighted by Gasteiger charge is 2.28. The molecule has 3 aromatic carbocycles. The van der Waals surface area contributed by atoms with Gasteiger partial charge in [-0.3, -0.25) is 9.10 Å². The van der Waals surface area contributed by atoms with E-state index in [0.717, 1.165) is 21.2 Å². The van der Waals surface area contributed by atoms with Crippen molar-refractivity contribution in [1.29, 1.82) is 0 Å². The van der Waals surface area contributed by atoms with Gasteiger partial charge < -0.3 is 10.1 Å². The predicted octanol–water partition coefficient (Wildman–Crippen LogP) is 5.10. The van der Waals surface area contributed by atoms with Crippen molar-refractivity contribution in [3.8, 4) is 5.75 Å². The van der Waals surface area contributed by atoms with Crippen LogP contribution in [0.1, 0.15) is 37.4 Å². The van der Waals surface area contributed by atoms with E-state index in [1.807, 2.05) is 37.3 Å². The molecule has 0 aliphatic rings. The maximum atomic E-state index is 13.5. The number of aryl methyl sites for hydroxylation is 1. The molecule has 0 aliphatic heterocycles. The number of sulfonamides is 1. The van der Waals surface area contributed by atoms with Crippen molar-refractivity contribution in [2.45, 2.75) is 38.1 Å². The van der Waals surface area contributed by atoms with Crippen molar-refractivity contribution in [3.05, 3.63) is 90.0 Å². The number of nitrogens with zero attached hydrogens (tertiary/aromatic N) is 1. The third-order valence-electron chi connectivity index (χ3n) is 5.50. The minimum absolute atomic E-state index is 0.142. The molecule has 0 heterocycles. The molecule has 0 aliphatic carbocycles.